The largest absolute Gasteiger partial charge is 0.0613 e. The van der Waals surface area contributed by atoms with Crippen molar-refractivity contribution in [2.24, 2.45) is 0 Å². The Morgan fingerprint density at radius 3 is 2.54 bits per heavy atom. The molecule has 1 saturated carbocycles. The Bertz CT molecular complexity index is 295. The van der Waals surface area contributed by atoms with Gasteiger partial charge in [-0.25, -0.2) is 0 Å². The lowest BCUT2D eigenvalue weighted by atomic mass is 9.98. The van der Waals surface area contributed by atoms with Gasteiger partial charge in [-0.3, -0.25) is 0 Å². The van der Waals surface area contributed by atoms with Crippen LogP contribution in [-0.4, -0.2) is 0 Å². The smallest absolute Gasteiger partial charge is 0.0109 e. The van der Waals surface area contributed by atoms with E-state index in [2.05, 4.69) is 32.0 Å². The molecule has 1 fully saturated rings. The Morgan fingerprint density at radius 1 is 1.23 bits per heavy atom. The molecule has 2 rings (SSSR count). The third-order valence-corrected chi connectivity index (χ3v) is 2.90. The molecule has 0 spiro atoms. The van der Waals surface area contributed by atoms with Gasteiger partial charge in [-0.15, -0.1) is 0 Å². The van der Waals surface area contributed by atoms with Crippen molar-refractivity contribution in [1.82, 2.24) is 0 Å². The highest BCUT2D eigenvalue weighted by atomic mass is 14.3. The standard InChI is InChI=1S/C13H17/c1-3-10-5-8-13(12-6-7-12)9-11(10)4-2/h5,8,12H,3-4,6-7H2,1-2H3. The van der Waals surface area contributed by atoms with Gasteiger partial charge in [0.1, 0.15) is 0 Å². The zero-order valence-corrected chi connectivity index (χ0v) is 8.56. The van der Waals surface area contributed by atoms with Crippen molar-refractivity contribution >= 4 is 0 Å². The fourth-order valence-electron chi connectivity index (χ4n) is 1.87. The van der Waals surface area contributed by atoms with Crippen LogP contribution in [0.5, 0.6) is 0 Å². The molecule has 0 aromatic heterocycles. The van der Waals surface area contributed by atoms with Crippen molar-refractivity contribution in [1.29, 1.82) is 0 Å². The topological polar surface area (TPSA) is 0 Å². The Hall–Kier alpha value is -0.780. The Balaban J connectivity index is 2.31. The van der Waals surface area contributed by atoms with Crippen LogP contribution in [0.25, 0.3) is 0 Å². The molecular formula is C13H17. The summed E-state index contributed by atoms with van der Waals surface area (Å²) >= 11 is 0. The second kappa shape index (κ2) is 3.53. The average Bonchev–Trinajstić information content (AvgIpc) is 3.00. The van der Waals surface area contributed by atoms with Gasteiger partial charge in [-0.1, -0.05) is 26.0 Å². The average molecular weight is 173 g/mol. The van der Waals surface area contributed by atoms with Crippen molar-refractivity contribution < 1.29 is 0 Å². The van der Waals surface area contributed by atoms with E-state index in [-0.39, 0.29) is 0 Å². The van der Waals surface area contributed by atoms with E-state index < -0.39 is 0 Å². The molecule has 13 heavy (non-hydrogen) atoms. The van der Waals surface area contributed by atoms with E-state index >= 15 is 0 Å². The highest BCUT2D eigenvalue weighted by Gasteiger charge is 2.23. The summed E-state index contributed by atoms with van der Waals surface area (Å²) in [4.78, 5) is 0. The summed E-state index contributed by atoms with van der Waals surface area (Å²) in [5.41, 5.74) is 4.37. The van der Waals surface area contributed by atoms with E-state index in [1.54, 1.807) is 0 Å². The molecule has 1 aliphatic carbocycles. The first-order chi connectivity index (χ1) is 6.35. The number of aryl methyl sites for hydroxylation is 2. The van der Waals surface area contributed by atoms with Crippen LogP contribution < -0.4 is 0 Å². The SMILES string of the molecule is CCc1[c]c(C2CC2)ccc1CC. The molecule has 69 valence electrons. The summed E-state index contributed by atoms with van der Waals surface area (Å²) in [5.74, 6) is 0.844. The van der Waals surface area contributed by atoms with Crippen LogP contribution in [0.4, 0.5) is 0 Å². The lowest BCUT2D eigenvalue weighted by Crippen LogP contribution is -1.93. The molecule has 0 N–H and O–H groups in total. The van der Waals surface area contributed by atoms with E-state index in [9.17, 15) is 0 Å². The predicted molar refractivity (Wildman–Crippen MR) is 56.0 cm³/mol. The van der Waals surface area contributed by atoms with Gasteiger partial charge in [0.2, 0.25) is 0 Å². The molecule has 0 bridgehead atoms. The van der Waals surface area contributed by atoms with Crippen LogP contribution in [0, 0.1) is 6.07 Å². The summed E-state index contributed by atoms with van der Waals surface area (Å²) in [7, 11) is 0. The molecule has 1 aromatic rings. The Labute approximate surface area is 81.0 Å². The third kappa shape index (κ3) is 1.77. The van der Waals surface area contributed by atoms with Gasteiger partial charge in [0.05, 0.1) is 0 Å². The van der Waals surface area contributed by atoms with E-state index in [4.69, 9.17) is 0 Å². The van der Waals surface area contributed by atoms with Gasteiger partial charge in [-0.05, 0) is 54.4 Å². The zero-order chi connectivity index (χ0) is 9.26. The maximum absolute atomic E-state index is 3.58. The van der Waals surface area contributed by atoms with Gasteiger partial charge in [0.15, 0.2) is 0 Å². The van der Waals surface area contributed by atoms with Gasteiger partial charge in [0, 0.05) is 0 Å². The summed E-state index contributed by atoms with van der Waals surface area (Å²) in [6.45, 7) is 4.45. The first-order valence-electron chi connectivity index (χ1n) is 5.39. The van der Waals surface area contributed by atoms with Crippen molar-refractivity contribution in [3.05, 3.63) is 34.9 Å². The Morgan fingerprint density at radius 2 is 2.00 bits per heavy atom. The number of hydrogen-bond acceptors (Lipinski definition) is 0. The molecule has 0 amide bonds. The highest BCUT2D eigenvalue weighted by Crippen LogP contribution is 2.40. The summed E-state index contributed by atoms with van der Waals surface area (Å²) in [6.07, 6.45) is 5.03. The molecule has 1 aromatic carbocycles. The van der Waals surface area contributed by atoms with Crippen LogP contribution in [0.1, 0.15) is 49.3 Å². The normalized spacial score (nSPS) is 16.2. The van der Waals surface area contributed by atoms with E-state index in [1.165, 1.54) is 29.5 Å². The molecule has 0 heteroatoms. The molecule has 1 radical (unpaired) electrons. The van der Waals surface area contributed by atoms with Crippen molar-refractivity contribution in [3.63, 3.8) is 0 Å². The van der Waals surface area contributed by atoms with E-state index in [0.717, 1.165) is 18.8 Å². The zero-order valence-electron chi connectivity index (χ0n) is 8.56. The van der Waals surface area contributed by atoms with Crippen LogP contribution in [-0.2, 0) is 12.8 Å². The monoisotopic (exact) mass is 173 g/mol. The quantitative estimate of drug-likeness (QED) is 0.656. The highest BCUT2D eigenvalue weighted by molar-refractivity contribution is 5.34. The molecule has 0 atom stereocenters. The molecule has 0 saturated heterocycles. The first kappa shape index (κ1) is 8.80. The third-order valence-electron chi connectivity index (χ3n) is 2.90. The van der Waals surface area contributed by atoms with Gasteiger partial charge >= 0.3 is 0 Å². The number of hydrogen-bond donors (Lipinski definition) is 0. The molecule has 0 heterocycles. The molecule has 0 aliphatic heterocycles. The fourth-order valence-corrected chi connectivity index (χ4v) is 1.87. The van der Waals surface area contributed by atoms with Crippen LogP contribution >= 0.6 is 0 Å². The summed E-state index contributed by atoms with van der Waals surface area (Å²) < 4.78 is 0. The van der Waals surface area contributed by atoms with Crippen molar-refractivity contribution in [2.75, 3.05) is 0 Å². The second-order valence-corrected chi connectivity index (χ2v) is 3.90. The predicted octanol–water partition coefficient (Wildman–Crippen LogP) is 3.49. The molecular weight excluding hydrogens is 156 g/mol. The summed E-state index contributed by atoms with van der Waals surface area (Å²) in [5, 5.41) is 0. The van der Waals surface area contributed by atoms with Crippen molar-refractivity contribution in [3.8, 4) is 0 Å². The lowest BCUT2D eigenvalue weighted by Gasteiger charge is -2.07. The minimum absolute atomic E-state index is 0.844. The van der Waals surface area contributed by atoms with Crippen LogP contribution in [0.15, 0.2) is 12.1 Å². The number of rotatable bonds is 3. The summed E-state index contributed by atoms with van der Waals surface area (Å²) in [6, 6.07) is 8.14. The maximum Gasteiger partial charge on any atom is -0.0109 e. The molecule has 0 unspecified atom stereocenters. The van der Waals surface area contributed by atoms with Crippen LogP contribution in [0.3, 0.4) is 0 Å². The minimum Gasteiger partial charge on any atom is -0.0613 e. The first-order valence-corrected chi connectivity index (χ1v) is 5.39. The fraction of sp³-hybridized carbons (Fsp3) is 0.538. The lowest BCUT2D eigenvalue weighted by molar-refractivity contribution is 1.01. The Kier molecular flexibility index (Phi) is 2.39. The second-order valence-electron chi connectivity index (χ2n) is 3.90. The minimum atomic E-state index is 0.844. The van der Waals surface area contributed by atoms with Crippen molar-refractivity contribution in [2.45, 2.75) is 45.4 Å². The van der Waals surface area contributed by atoms with Gasteiger partial charge in [0.25, 0.3) is 0 Å². The van der Waals surface area contributed by atoms with Crippen LogP contribution in [0.2, 0.25) is 0 Å². The van der Waals surface area contributed by atoms with E-state index in [1.807, 2.05) is 0 Å². The molecule has 1 aliphatic rings. The van der Waals surface area contributed by atoms with E-state index in [0.29, 0.717) is 0 Å². The number of benzene rings is 1. The van der Waals surface area contributed by atoms with Gasteiger partial charge in [-0.2, -0.15) is 0 Å². The van der Waals surface area contributed by atoms with Gasteiger partial charge < -0.3 is 0 Å². The molecule has 0 nitrogen and oxygen atoms in total. The maximum atomic E-state index is 3.58.